The van der Waals surface area contributed by atoms with Crippen LogP contribution in [-0.2, 0) is 7.05 Å². The molecule has 1 aromatic rings. The Bertz CT molecular complexity index is 523. The molecule has 23 heavy (non-hydrogen) atoms. The van der Waals surface area contributed by atoms with Crippen molar-refractivity contribution in [3.05, 3.63) is 12.4 Å². The highest BCUT2D eigenvalue weighted by Crippen LogP contribution is 2.26. The number of hydrogen-bond donors (Lipinski definition) is 2. The van der Waals surface area contributed by atoms with Gasteiger partial charge in [0.2, 0.25) is 0 Å². The van der Waals surface area contributed by atoms with E-state index in [-0.39, 0.29) is 18.1 Å². The van der Waals surface area contributed by atoms with Crippen LogP contribution in [-0.4, -0.2) is 41.0 Å². The van der Waals surface area contributed by atoms with Crippen molar-refractivity contribution >= 4 is 11.7 Å². The summed E-state index contributed by atoms with van der Waals surface area (Å²) in [6, 6.07) is 0.473. The van der Waals surface area contributed by atoms with Gasteiger partial charge in [-0.3, -0.25) is 4.68 Å². The predicted octanol–water partition coefficient (Wildman–Crippen LogP) is 2.27. The molecule has 128 valence electrons. The Kier molecular flexibility index (Phi) is 5.08. The Labute approximate surface area is 138 Å². The molecule has 1 saturated heterocycles. The molecule has 2 heterocycles. The molecule has 1 saturated carbocycles. The number of nitrogens with one attached hydrogen (secondary N) is 2. The van der Waals surface area contributed by atoms with Gasteiger partial charge in [0.05, 0.1) is 11.9 Å². The van der Waals surface area contributed by atoms with E-state index in [1.165, 1.54) is 32.1 Å². The number of anilines is 1. The van der Waals surface area contributed by atoms with Crippen molar-refractivity contribution < 1.29 is 4.79 Å². The summed E-state index contributed by atoms with van der Waals surface area (Å²) in [5.74, 6) is 0.643. The van der Waals surface area contributed by atoms with Gasteiger partial charge in [-0.05, 0) is 32.1 Å². The normalized spacial score (nSPS) is 23.7. The second-order valence-corrected chi connectivity index (χ2v) is 7.11. The lowest BCUT2D eigenvalue weighted by atomic mass is 9.85. The van der Waals surface area contributed by atoms with E-state index in [9.17, 15) is 4.79 Å². The molecule has 0 bridgehead atoms. The minimum atomic E-state index is -0.0129. The molecular weight excluding hydrogens is 290 g/mol. The lowest BCUT2D eigenvalue weighted by Crippen LogP contribution is -2.48. The molecule has 1 aliphatic heterocycles. The maximum absolute atomic E-state index is 12.2. The summed E-state index contributed by atoms with van der Waals surface area (Å²) in [6.45, 7) is 3.97. The van der Waals surface area contributed by atoms with Crippen LogP contribution in [0.3, 0.4) is 0 Å². The van der Waals surface area contributed by atoms with E-state index in [0.29, 0.717) is 5.92 Å². The van der Waals surface area contributed by atoms with Crippen LogP contribution in [0.15, 0.2) is 12.4 Å². The third kappa shape index (κ3) is 4.18. The first-order chi connectivity index (χ1) is 11.1. The fraction of sp³-hybridized carbons (Fsp3) is 0.765. The van der Waals surface area contributed by atoms with Gasteiger partial charge in [0.15, 0.2) is 0 Å². The SMILES string of the molecule is C[C@H](NC(=O)N[C@@H]1CCN(c2cnn(C)c2)C1)C1CCCCC1. The fourth-order valence-electron chi connectivity index (χ4n) is 3.87. The first kappa shape index (κ1) is 16.1. The van der Waals surface area contributed by atoms with Crippen LogP contribution in [0.2, 0.25) is 0 Å². The zero-order chi connectivity index (χ0) is 16.2. The molecule has 0 unspecified atom stereocenters. The summed E-state index contributed by atoms with van der Waals surface area (Å²) in [4.78, 5) is 14.5. The number of hydrogen-bond acceptors (Lipinski definition) is 3. The third-order valence-electron chi connectivity index (χ3n) is 5.30. The van der Waals surface area contributed by atoms with Gasteiger partial charge >= 0.3 is 6.03 Å². The fourth-order valence-corrected chi connectivity index (χ4v) is 3.87. The summed E-state index contributed by atoms with van der Waals surface area (Å²) in [5, 5.41) is 10.5. The smallest absolute Gasteiger partial charge is 0.315 e. The summed E-state index contributed by atoms with van der Waals surface area (Å²) >= 11 is 0. The van der Waals surface area contributed by atoms with Crippen LogP contribution < -0.4 is 15.5 Å². The minimum Gasteiger partial charge on any atom is -0.367 e. The third-order valence-corrected chi connectivity index (χ3v) is 5.30. The number of nitrogens with zero attached hydrogens (tertiary/aromatic N) is 3. The van der Waals surface area contributed by atoms with Gasteiger partial charge in [-0.25, -0.2) is 4.79 Å². The van der Waals surface area contributed by atoms with Crippen molar-refractivity contribution in [2.75, 3.05) is 18.0 Å². The van der Waals surface area contributed by atoms with Crippen molar-refractivity contribution in [2.45, 2.75) is 57.5 Å². The Hall–Kier alpha value is -1.72. The summed E-state index contributed by atoms with van der Waals surface area (Å²) < 4.78 is 1.81. The highest BCUT2D eigenvalue weighted by molar-refractivity contribution is 5.74. The zero-order valence-electron chi connectivity index (χ0n) is 14.3. The Morgan fingerprint density at radius 3 is 2.78 bits per heavy atom. The summed E-state index contributed by atoms with van der Waals surface area (Å²) in [5.41, 5.74) is 1.13. The van der Waals surface area contributed by atoms with Crippen LogP contribution >= 0.6 is 0 Å². The molecule has 2 aliphatic rings. The van der Waals surface area contributed by atoms with Gasteiger partial charge in [-0.2, -0.15) is 5.10 Å². The van der Waals surface area contributed by atoms with Crippen molar-refractivity contribution in [3.8, 4) is 0 Å². The van der Waals surface area contributed by atoms with E-state index in [1.54, 1.807) is 0 Å². The van der Waals surface area contributed by atoms with Crippen molar-refractivity contribution in [1.29, 1.82) is 0 Å². The molecule has 6 nitrogen and oxygen atoms in total. The average molecular weight is 319 g/mol. The first-order valence-electron chi connectivity index (χ1n) is 8.92. The van der Waals surface area contributed by atoms with E-state index in [0.717, 1.165) is 25.2 Å². The molecule has 0 spiro atoms. The van der Waals surface area contributed by atoms with Gasteiger partial charge < -0.3 is 15.5 Å². The van der Waals surface area contributed by atoms with Gasteiger partial charge in [-0.15, -0.1) is 0 Å². The highest BCUT2D eigenvalue weighted by Gasteiger charge is 2.26. The predicted molar refractivity (Wildman–Crippen MR) is 91.5 cm³/mol. The van der Waals surface area contributed by atoms with Gasteiger partial charge in [0, 0.05) is 38.4 Å². The van der Waals surface area contributed by atoms with Crippen LogP contribution in [0.4, 0.5) is 10.5 Å². The number of carbonyl (C=O) groups excluding carboxylic acids is 1. The summed E-state index contributed by atoms with van der Waals surface area (Å²) in [6.07, 6.45) is 11.4. The number of aromatic nitrogens is 2. The molecule has 0 aromatic carbocycles. The monoisotopic (exact) mass is 319 g/mol. The Balaban J connectivity index is 1.43. The molecule has 0 radical (unpaired) electrons. The van der Waals surface area contributed by atoms with Crippen molar-refractivity contribution in [1.82, 2.24) is 20.4 Å². The maximum Gasteiger partial charge on any atom is 0.315 e. The topological polar surface area (TPSA) is 62.2 Å². The maximum atomic E-state index is 12.2. The molecule has 1 aromatic heterocycles. The van der Waals surface area contributed by atoms with Gasteiger partial charge in [0.25, 0.3) is 0 Å². The van der Waals surface area contributed by atoms with Crippen molar-refractivity contribution in [3.63, 3.8) is 0 Å². The number of aryl methyl sites for hydroxylation is 1. The number of urea groups is 1. The Morgan fingerprint density at radius 1 is 1.30 bits per heavy atom. The standard InChI is InChI=1S/C17H29N5O/c1-13(14-6-4-3-5-7-14)19-17(23)20-15-8-9-22(11-15)16-10-18-21(2)12-16/h10,12-15H,3-9,11H2,1-2H3,(H2,19,20,23)/t13-,15+/m0/s1. The molecule has 1 aliphatic carbocycles. The van der Waals surface area contributed by atoms with Crippen LogP contribution in [0.5, 0.6) is 0 Å². The van der Waals surface area contributed by atoms with E-state index in [4.69, 9.17) is 0 Å². The van der Waals surface area contributed by atoms with E-state index in [1.807, 2.05) is 24.1 Å². The molecule has 2 amide bonds. The molecule has 2 N–H and O–H groups in total. The lowest BCUT2D eigenvalue weighted by molar-refractivity contribution is 0.222. The van der Waals surface area contributed by atoms with Crippen LogP contribution in [0.1, 0.15) is 45.4 Å². The second-order valence-electron chi connectivity index (χ2n) is 7.11. The first-order valence-corrected chi connectivity index (χ1v) is 8.92. The molecule has 2 fully saturated rings. The Morgan fingerprint density at radius 2 is 2.09 bits per heavy atom. The number of carbonyl (C=O) groups is 1. The van der Waals surface area contributed by atoms with E-state index in [2.05, 4.69) is 27.6 Å². The number of amides is 2. The highest BCUT2D eigenvalue weighted by atomic mass is 16.2. The molecule has 6 heteroatoms. The molecular formula is C17H29N5O. The van der Waals surface area contributed by atoms with Crippen LogP contribution in [0.25, 0.3) is 0 Å². The van der Waals surface area contributed by atoms with E-state index < -0.39 is 0 Å². The largest absolute Gasteiger partial charge is 0.367 e. The summed E-state index contributed by atoms with van der Waals surface area (Å²) in [7, 11) is 1.93. The minimum absolute atomic E-state index is 0.0129. The second kappa shape index (κ2) is 7.23. The zero-order valence-corrected chi connectivity index (χ0v) is 14.3. The van der Waals surface area contributed by atoms with Gasteiger partial charge in [-0.1, -0.05) is 19.3 Å². The van der Waals surface area contributed by atoms with Gasteiger partial charge in [0.1, 0.15) is 0 Å². The number of rotatable bonds is 4. The quantitative estimate of drug-likeness (QED) is 0.895. The lowest BCUT2D eigenvalue weighted by Gasteiger charge is -2.28. The molecule has 2 atom stereocenters. The van der Waals surface area contributed by atoms with Crippen LogP contribution in [0, 0.1) is 5.92 Å². The average Bonchev–Trinajstić information content (AvgIpc) is 3.17. The molecule has 3 rings (SSSR count). The van der Waals surface area contributed by atoms with Crippen molar-refractivity contribution in [2.24, 2.45) is 13.0 Å². The van der Waals surface area contributed by atoms with E-state index >= 15 is 0 Å².